The Morgan fingerprint density at radius 3 is 2.13 bits per heavy atom. The molecule has 0 N–H and O–H groups in total. The smallest absolute Gasteiger partial charge is 0.190 e. The lowest BCUT2D eigenvalue weighted by molar-refractivity contribution is -0.242. The maximum Gasteiger partial charge on any atom is 0.190 e. The highest BCUT2D eigenvalue weighted by atomic mass is 16.9. The van der Waals surface area contributed by atoms with E-state index in [2.05, 4.69) is 0 Å². The molecule has 0 spiro atoms. The van der Waals surface area contributed by atoms with Crippen LogP contribution < -0.4 is 0 Å². The van der Waals surface area contributed by atoms with Gasteiger partial charge >= 0.3 is 0 Å². The largest absolute Gasteiger partial charge is 0.486 e. The number of hydrogen-bond acceptors (Lipinski definition) is 11. The molecule has 9 atom stereocenters. The Labute approximate surface area is 229 Å². The Kier molecular flexibility index (Phi) is 6.99. The van der Waals surface area contributed by atoms with E-state index in [0.29, 0.717) is 25.6 Å². The van der Waals surface area contributed by atoms with Crippen molar-refractivity contribution in [1.29, 1.82) is 0 Å². The van der Waals surface area contributed by atoms with Crippen LogP contribution in [-0.4, -0.2) is 98.1 Å². The fourth-order valence-corrected chi connectivity index (χ4v) is 6.14. The molecular formula is C28H42O11. The number of allylic oxidation sites excluding steroid dienone is 2. The van der Waals surface area contributed by atoms with E-state index in [0.717, 1.165) is 0 Å². The van der Waals surface area contributed by atoms with Crippen molar-refractivity contribution in [1.82, 2.24) is 0 Å². The van der Waals surface area contributed by atoms with E-state index in [9.17, 15) is 0 Å². The van der Waals surface area contributed by atoms with Gasteiger partial charge in [0.15, 0.2) is 35.5 Å². The first-order valence-electron chi connectivity index (χ1n) is 13.9. The van der Waals surface area contributed by atoms with Gasteiger partial charge in [-0.1, -0.05) is 12.2 Å². The summed E-state index contributed by atoms with van der Waals surface area (Å²) in [7, 11) is 0. The third kappa shape index (κ3) is 5.68. The zero-order valence-electron chi connectivity index (χ0n) is 24.0. The molecule has 11 heteroatoms. The Morgan fingerprint density at radius 1 is 0.718 bits per heavy atom. The Balaban J connectivity index is 1.05. The van der Waals surface area contributed by atoms with Gasteiger partial charge in [-0.2, -0.15) is 0 Å². The summed E-state index contributed by atoms with van der Waals surface area (Å²) < 4.78 is 66.9. The first-order chi connectivity index (χ1) is 18.2. The number of ether oxygens (including phenoxy) is 11. The first-order valence-corrected chi connectivity index (χ1v) is 13.9. The van der Waals surface area contributed by atoms with Crippen LogP contribution in [0.3, 0.4) is 0 Å². The van der Waals surface area contributed by atoms with E-state index in [1.165, 1.54) is 0 Å². The van der Waals surface area contributed by atoms with Crippen molar-refractivity contribution in [2.24, 2.45) is 0 Å². The second-order valence-electron chi connectivity index (χ2n) is 12.7. The summed E-state index contributed by atoms with van der Waals surface area (Å²) in [4.78, 5) is 0. The SMILES string of the molecule is CC1(C)O[C@H]2[C@@H](O1)[C@@H](COC/C=C/C=C1\O[C@H]([C@H]3COC(C)(C)O3)[C@@H]3OC(C)(C)O[C@H]13)O[C@@H]1OC(C)(C)O[C@@H]12. The van der Waals surface area contributed by atoms with Crippen molar-refractivity contribution in [2.75, 3.05) is 19.8 Å². The molecule has 6 rings (SSSR count). The highest BCUT2D eigenvalue weighted by molar-refractivity contribution is 5.21. The third-order valence-corrected chi connectivity index (χ3v) is 7.55. The molecule has 11 nitrogen and oxygen atoms in total. The summed E-state index contributed by atoms with van der Waals surface area (Å²) in [6.45, 7) is 16.3. The van der Waals surface area contributed by atoms with Crippen molar-refractivity contribution in [3.63, 3.8) is 0 Å². The van der Waals surface area contributed by atoms with Gasteiger partial charge < -0.3 is 52.1 Å². The minimum absolute atomic E-state index is 0.242. The second-order valence-corrected chi connectivity index (χ2v) is 12.7. The molecule has 6 aliphatic rings. The summed E-state index contributed by atoms with van der Waals surface area (Å²) in [5, 5.41) is 0. The highest BCUT2D eigenvalue weighted by Crippen LogP contribution is 2.45. The van der Waals surface area contributed by atoms with Crippen molar-refractivity contribution in [2.45, 2.75) is 134 Å². The average molecular weight is 555 g/mol. The van der Waals surface area contributed by atoms with Gasteiger partial charge in [0, 0.05) is 0 Å². The summed E-state index contributed by atoms with van der Waals surface area (Å²) in [5.41, 5.74) is 0. The molecule has 0 bridgehead atoms. The monoisotopic (exact) mass is 554 g/mol. The molecule has 6 heterocycles. The maximum absolute atomic E-state index is 6.26. The zero-order valence-corrected chi connectivity index (χ0v) is 24.0. The number of hydrogen-bond donors (Lipinski definition) is 0. The van der Waals surface area contributed by atoms with Crippen molar-refractivity contribution in [3.8, 4) is 0 Å². The van der Waals surface area contributed by atoms with E-state index in [4.69, 9.17) is 52.1 Å². The van der Waals surface area contributed by atoms with Crippen molar-refractivity contribution in [3.05, 3.63) is 24.0 Å². The van der Waals surface area contributed by atoms with Gasteiger partial charge in [0.25, 0.3) is 0 Å². The standard InChI is InChI=1S/C28H42O11/c1-25(2)30-14-17(33-25)18-21-19(34-26(3,4)36-21)15(31-18)11-9-10-12-29-13-16-20-22(37-27(5,6)35-20)23-24(32-16)39-28(7,8)38-23/h9-11,16-24H,12-14H2,1-8H3/b10-9+,15-11-/t16-,17-,18-,19-,20+,21+,22+,23-,24-/m1/s1. The molecule has 0 radical (unpaired) electrons. The third-order valence-electron chi connectivity index (χ3n) is 7.55. The van der Waals surface area contributed by atoms with Gasteiger partial charge in [0.1, 0.15) is 48.5 Å². The lowest BCUT2D eigenvalue weighted by atomic mass is 9.99. The van der Waals surface area contributed by atoms with Gasteiger partial charge in [-0.25, -0.2) is 0 Å². The maximum atomic E-state index is 6.26. The molecule has 220 valence electrons. The van der Waals surface area contributed by atoms with Crippen LogP contribution in [0.2, 0.25) is 0 Å². The van der Waals surface area contributed by atoms with Crippen LogP contribution >= 0.6 is 0 Å². The molecule has 0 aromatic rings. The zero-order chi connectivity index (χ0) is 27.8. The van der Waals surface area contributed by atoms with E-state index >= 15 is 0 Å². The first kappa shape index (κ1) is 28.0. The summed E-state index contributed by atoms with van der Waals surface area (Å²) in [6.07, 6.45) is 2.69. The van der Waals surface area contributed by atoms with Crippen LogP contribution in [0.4, 0.5) is 0 Å². The van der Waals surface area contributed by atoms with Crippen LogP contribution in [0.5, 0.6) is 0 Å². The molecule has 6 saturated heterocycles. The van der Waals surface area contributed by atoms with Gasteiger partial charge in [-0.15, -0.1) is 0 Å². The number of rotatable bonds is 6. The average Bonchev–Trinajstić information content (AvgIpc) is 3.57. The molecule has 0 amide bonds. The predicted molar refractivity (Wildman–Crippen MR) is 134 cm³/mol. The van der Waals surface area contributed by atoms with Gasteiger partial charge in [-0.05, 0) is 61.5 Å². The van der Waals surface area contributed by atoms with Crippen LogP contribution in [0.15, 0.2) is 24.0 Å². The van der Waals surface area contributed by atoms with E-state index < -0.39 is 29.4 Å². The second kappa shape index (κ2) is 9.72. The van der Waals surface area contributed by atoms with E-state index in [1.807, 2.05) is 73.6 Å². The fraction of sp³-hybridized carbons (Fsp3) is 0.857. The molecule has 0 aromatic heterocycles. The molecule has 39 heavy (non-hydrogen) atoms. The van der Waals surface area contributed by atoms with Gasteiger partial charge in [0.2, 0.25) is 0 Å². The van der Waals surface area contributed by atoms with Gasteiger partial charge in [0.05, 0.1) is 19.8 Å². The molecule has 0 saturated carbocycles. The Bertz CT molecular complexity index is 988. The summed E-state index contributed by atoms with van der Waals surface area (Å²) in [5.74, 6) is -2.15. The fourth-order valence-electron chi connectivity index (χ4n) is 6.14. The molecular weight excluding hydrogens is 512 g/mol. The Morgan fingerprint density at radius 2 is 1.38 bits per heavy atom. The van der Waals surface area contributed by atoms with E-state index in [-0.39, 0.29) is 48.8 Å². The quantitative estimate of drug-likeness (QED) is 0.453. The van der Waals surface area contributed by atoms with Gasteiger partial charge in [-0.3, -0.25) is 0 Å². The van der Waals surface area contributed by atoms with Crippen LogP contribution in [-0.2, 0) is 52.1 Å². The molecule has 0 unspecified atom stereocenters. The lowest BCUT2D eigenvalue weighted by Crippen LogP contribution is -2.56. The summed E-state index contributed by atoms with van der Waals surface area (Å²) in [6, 6.07) is 0. The normalized spacial score (nSPS) is 45.9. The van der Waals surface area contributed by atoms with Crippen molar-refractivity contribution >= 4 is 0 Å². The van der Waals surface area contributed by atoms with Crippen LogP contribution in [0, 0.1) is 0 Å². The molecule has 6 aliphatic heterocycles. The van der Waals surface area contributed by atoms with Crippen molar-refractivity contribution < 1.29 is 52.1 Å². The van der Waals surface area contributed by atoms with Crippen LogP contribution in [0.1, 0.15) is 55.4 Å². The summed E-state index contributed by atoms with van der Waals surface area (Å²) >= 11 is 0. The predicted octanol–water partition coefficient (Wildman–Crippen LogP) is 2.91. The Hall–Kier alpha value is -1.12. The topological polar surface area (TPSA) is 102 Å². The minimum Gasteiger partial charge on any atom is -0.486 e. The van der Waals surface area contributed by atoms with E-state index in [1.54, 1.807) is 0 Å². The highest BCUT2D eigenvalue weighted by Gasteiger charge is 2.61. The molecule has 0 aromatic carbocycles. The minimum atomic E-state index is -0.751. The number of fused-ring (bicyclic) bond motifs is 4. The molecule has 6 fully saturated rings. The molecule has 0 aliphatic carbocycles. The lowest BCUT2D eigenvalue weighted by Gasteiger charge is -2.37. The van der Waals surface area contributed by atoms with Crippen LogP contribution in [0.25, 0.3) is 0 Å².